The van der Waals surface area contributed by atoms with E-state index in [1.54, 1.807) is 13.3 Å². The van der Waals surface area contributed by atoms with Crippen LogP contribution in [0, 0.1) is 0 Å². The molecule has 1 heterocycles. The Morgan fingerprint density at radius 1 is 1.26 bits per heavy atom. The van der Waals surface area contributed by atoms with Crippen LogP contribution in [0.5, 0.6) is 0 Å². The molecule has 0 radical (unpaired) electrons. The second-order valence-corrected chi connectivity index (χ2v) is 4.16. The molecule has 0 fully saturated rings. The maximum atomic E-state index is 11.2. The maximum Gasteiger partial charge on any atom is 0.337 e. The zero-order valence-electron chi connectivity index (χ0n) is 10.8. The molecule has 0 amide bonds. The molecule has 0 aliphatic heterocycles. The molecule has 0 unspecified atom stereocenters. The highest BCUT2D eigenvalue weighted by molar-refractivity contribution is 6.03. The third kappa shape index (κ3) is 3.13. The molecule has 0 bridgehead atoms. The molecule has 102 valence electrons. The summed E-state index contributed by atoms with van der Waals surface area (Å²) in [6.07, 6.45) is 1.66. The lowest BCUT2D eigenvalue weighted by Crippen LogP contribution is -2.08. The number of hydrogen-bond donors (Lipinski definition) is 1. The minimum Gasteiger partial charge on any atom is -0.478 e. The van der Waals surface area contributed by atoms with Gasteiger partial charge in [-0.2, -0.15) is 0 Å². The highest BCUT2D eigenvalue weighted by Gasteiger charge is 2.13. The molecule has 2 rings (SSSR count). The Bertz CT molecular complexity index is 562. The summed E-state index contributed by atoms with van der Waals surface area (Å²) in [5, 5.41) is 9.93. The van der Waals surface area contributed by atoms with Gasteiger partial charge in [0.05, 0.1) is 25.4 Å². The third-order valence-corrected chi connectivity index (χ3v) is 2.93. The molecule has 19 heavy (non-hydrogen) atoms. The van der Waals surface area contributed by atoms with E-state index >= 15 is 0 Å². The molecule has 5 heteroatoms. The summed E-state index contributed by atoms with van der Waals surface area (Å²) < 4.78 is 12.2. The first-order valence-corrected chi connectivity index (χ1v) is 6.12. The van der Waals surface area contributed by atoms with Gasteiger partial charge in [0.25, 0.3) is 0 Å². The van der Waals surface area contributed by atoms with Gasteiger partial charge in [-0.05, 0) is 6.07 Å². The molecule has 1 aromatic heterocycles. The van der Waals surface area contributed by atoms with Crippen molar-refractivity contribution in [2.75, 3.05) is 26.9 Å². The molecule has 5 nitrogen and oxygen atoms in total. The summed E-state index contributed by atoms with van der Waals surface area (Å²) in [6.45, 7) is 2.26. The molecule has 0 atom stereocenters. The molecular weight excluding hydrogens is 246 g/mol. The van der Waals surface area contributed by atoms with Gasteiger partial charge in [-0.1, -0.05) is 18.2 Å². The highest BCUT2D eigenvalue weighted by atomic mass is 16.5. The van der Waals surface area contributed by atoms with Crippen molar-refractivity contribution in [2.24, 2.45) is 0 Å². The number of carboxylic acids is 1. The quantitative estimate of drug-likeness (QED) is 0.776. The van der Waals surface area contributed by atoms with Crippen LogP contribution in [0.3, 0.4) is 0 Å². The molecular formula is C14H17NO4. The second kappa shape index (κ2) is 6.36. The van der Waals surface area contributed by atoms with Gasteiger partial charge >= 0.3 is 5.97 Å². The molecule has 2 aromatic rings. The Balaban J connectivity index is 2.12. The van der Waals surface area contributed by atoms with Crippen LogP contribution < -0.4 is 0 Å². The van der Waals surface area contributed by atoms with E-state index in [0.29, 0.717) is 31.9 Å². The zero-order valence-corrected chi connectivity index (χ0v) is 10.8. The number of carbonyl (C=O) groups is 1. The van der Waals surface area contributed by atoms with E-state index in [1.807, 2.05) is 28.8 Å². The van der Waals surface area contributed by atoms with Crippen molar-refractivity contribution in [3.8, 4) is 0 Å². The molecule has 0 aliphatic carbocycles. The number of aromatic carboxylic acids is 1. The van der Waals surface area contributed by atoms with Crippen LogP contribution >= 0.6 is 0 Å². The molecule has 0 saturated carbocycles. The van der Waals surface area contributed by atoms with E-state index in [2.05, 4.69) is 0 Å². The van der Waals surface area contributed by atoms with Gasteiger partial charge in [0.1, 0.15) is 0 Å². The first-order chi connectivity index (χ1) is 9.24. The van der Waals surface area contributed by atoms with Crippen molar-refractivity contribution in [3.05, 3.63) is 36.0 Å². The Labute approximate surface area is 111 Å². The SMILES string of the molecule is COCCOCCn1cc(C(=O)O)c2ccccc21. The maximum absolute atomic E-state index is 11.2. The molecule has 1 N–H and O–H groups in total. The highest BCUT2D eigenvalue weighted by Crippen LogP contribution is 2.21. The fourth-order valence-electron chi connectivity index (χ4n) is 2.01. The van der Waals surface area contributed by atoms with Gasteiger partial charge in [-0.25, -0.2) is 4.79 Å². The monoisotopic (exact) mass is 263 g/mol. The number of methoxy groups -OCH3 is 1. The summed E-state index contributed by atoms with van der Waals surface area (Å²) in [6, 6.07) is 7.47. The number of fused-ring (bicyclic) bond motifs is 1. The fraction of sp³-hybridized carbons (Fsp3) is 0.357. The van der Waals surface area contributed by atoms with E-state index in [9.17, 15) is 9.90 Å². The first-order valence-electron chi connectivity index (χ1n) is 6.12. The van der Waals surface area contributed by atoms with E-state index in [-0.39, 0.29) is 0 Å². The average molecular weight is 263 g/mol. The van der Waals surface area contributed by atoms with Gasteiger partial charge < -0.3 is 19.1 Å². The molecule has 1 aromatic carbocycles. The van der Waals surface area contributed by atoms with Gasteiger partial charge in [-0.15, -0.1) is 0 Å². The summed E-state index contributed by atoms with van der Waals surface area (Å²) in [5.74, 6) is -0.907. The molecule has 0 saturated heterocycles. The van der Waals surface area contributed by atoms with Gasteiger partial charge in [0.2, 0.25) is 0 Å². The van der Waals surface area contributed by atoms with Gasteiger partial charge in [-0.3, -0.25) is 0 Å². The van der Waals surface area contributed by atoms with E-state index in [0.717, 1.165) is 10.9 Å². The smallest absolute Gasteiger partial charge is 0.337 e. The number of para-hydroxylation sites is 1. The second-order valence-electron chi connectivity index (χ2n) is 4.16. The van der Waals surface area contributed by atoms with Crippen molar-refractivity contribution in [3.63, 3.8) is 0 Å². The molecule has 0 spiro atoms. The summed E-state index contributed by atoms with van der Waals surface area (Å²) in [7, 11) is 1.63. The van der Waals surface area contributed by atoms with Gasteiger partial charge in [0.15, 0.2) is 0 Å². The minimum atomic E-state index is -0.907. The predicted molar refractivity (Wildman–Crippen MR) is 71.6 cm³/mol. The van der Waals surface area contributed by atoms with Crippen LogP contribution in [-0.4, -0.2) is 42.6 Å². The van der Waals surface area contributed by atoms with Crippen LogP contribution in [0.4, 0.5) is 0 Å². The van der Waals surface area contributed by atoms with E-state index in [1.165, 1.54) is 0 Å². The Morgan fingerprint density at radius 3 is 2.79 bits per heavy atom. The summed E-state index contributed by atoms with van der Waals surface area (Å²) in [5.41, 5.74) is 1.24. The number of benzene rings is 1. The van der Waals surface area contributed by atoms with Crippen molar-refractivity contribution >= 4 is 16.9 Å². The normalized spacial score (nSPS) is 11.0. The third-order valence-electron chi connectivity index (χ3n) is 2.93. The lowest BCUT2D eigenvalue weighted by Gasteiger charge is -2.06. The summed E-state index contributed by atoms with van der Waals surface area (Å²) >= 11 is 0. The first kappa shape index (κ1) is 13.6. The lowest BCUT2D eigenvalue weighted by atomic mass is 10.2. The number of ether oxygens (including phenoxy) is 2. The van der Waals surface area contributed by atoms with Crippen molar-refractivity contribution in [1.82, 2.24) is 4.57 Å². The molecule has 0 aliphatic rings. The number of nitrogens with zero attached hydrogens (tertiary/aromatic N) is 1. The number of hydrogen-bond acceptors (Lipinski definition) is 3. The van der Waals surface area contributed by atoms with Crippen LogP contribution in [0.2, 0.25) is 0 Å². The predicted octanol–water partition coefficient (Wildman–Crippen LogP) is 2.00. The van der Waals surface area contributed by atoms with Crippen molar-refractivity contribution in [2.45, 2.75) is 6.54 Å². The minimum absolute atomic E-state index is 0.326. The fourth-order valence-corrected chi connectivity index (χ4v) is 2.01. The standard InChI is InChI=1S/C14H17NO4/c1-18-8-9-19-7-6-15-10-12(14(16)17)11-4-2-3-5-13(11)15/h2-5,10H,6-9H2,1H3,(H,16,17). The topological polar surface area (TPSA) is 60.7 Å². The van der Waals surface area contributed by atoms with Crippen molar-refractivity contribution < 1.29 is 19.4 Å². The Kier molecular flexibility index (Phi) is 4.54. The number of carboxylic acid groups (broad SMARTS) is 1. The van der Waals surface area contributed by atoms with Crippen molar-refractivity contribution in [1.29, 1.82) is 0 Å². The Morgan fingerprint density at radius 2 is 2.05 bits per heavy atom. The number of rotatable bonds is 7. The van der Waals surface area contributed by atoms with Crippen LogP contribution in [0.25, 0.3) is 10.9 Å². The van der Waals surface area contributed by atoms with Gasteiger partial charge in [0, 0.05) is 30.8 Å². The largest absolute Gasteiger partial charge is 0.478 e. The Hall–Kier alpha value is -1.85. The van der Waals surface area contributed by atoms with E-state index in [4.69, 9.17) is 9.47 Å². The van der Waals surface area contributed by atoms with Crippen LogP contribution in [-0.2, 0) is 16.0 Å². The van der Waals surface area contributed by atoms with Crippen LogP contribution in [0.15, 0.2) is 30.5 Å². The van der Waals surface area contributed by atoms with E-state index < -0.39 is 5.97 Å². The average Bonchev–Trinajstić information content (AvgIpc) is 2.78. The lowest BCUT2D eigenvalue weighted by molar-refractivity contribution is 0.0666. The van der Waals surface area contributed by atoms with Crippen LogP contribution in [0.1, 0.15) is 10.4 Å². The zero-order chi connectivity index (χ0) is 13.7. The summed E-state index contributed by atoms with van der Waals surface area (Å²) in [4.78, 5) is 11.2. The number of aromatic nitrogens is 1.